The van der Waals surface area contributed by atoms with Gasteiger partial charge >= 0.3 is 0 Å². The Morgan fingerprint density at radius 2 is 2.42 bits per heavy atom. The first-order valence-electron chi connectivity index (χ1n) is 3.76. The molecule has 0 aromatic rings. The van der Waals surface area contributed by atoms with Crippen LogP contribution < -0.4 is 16.4 Å². The fourth-order valence-corrected chi connectivity index (χ4v) is 1.16. The summed E-state index contributed by atoms with van der Waals surface area (Å²) >= 11 is 0. The number of nitrogens with two attached hydrogens (primary N) is 1. The topological polar surface area (TPSA) is 87.4 Å². The molecule has 1 aliphatic heterocycles. The summed E-state index contributed by atoms with van der Waals surface area (Å²) in [6.07, 6.45) is 0.485. The van der Waals surface area contributed by atoms with Gasteiger partial charge in [0.25, 0.3) is 0 Å². The lowest BCUT2D eigenvalue weighted by Gasteiger charge is -2.31. The van der Waals surface area contributed by atoms with Crippen LogP contribution >= 0.6 is 0 Å². The number of amides is 1. The molecule has 5 heteroatoms. The smallest absolute Gasteiger partial charge is 0.229 e. The van der Waals surface area contributed by atoms with Gasteiger partial charge in [0.05, 0.1) is 5.92 Å². The molecule has 3 unspecified atom stereocenters. The van der Waals surface area contributed by atoms with Crippen LogP contribution in [-0.4, -0.2) is 23.5 Å². The number of aliphatic hydroxyl groups excluding tert-OH is 1. The van der Waals surface area contributed by atoms with E-state index >= 15 is 0 Å². The third-order valence-corrected chi connectivity index (χ3v) is 1.79. The van der Waals surface area contributed by atoms with E-state index in [-0.39, 0.29) is 5.91 Å². The average Bonchev–Trinajstić information content (AvgIpc) is 1.96. The van der Waals surface area contributed by atoms with Gasteiger partial charge in [0, 0.05) is 0 Å². The Kier molecular flexibility index (Phi) is 2.80. The molecule has 5 N–H and O–H groups in total. The van der Waals surface area contributed by atoms with Crippen molar-refractivity contribution in [3.8, 4) is 0 Å². The Morgan fingerprint density at radius 1 is 1.75 bits per heavy atom. The number of carbonyl (C=O) groups is 1. The summed E-state index contributed by atoms with van der Waals surface area (Å²) in [6.45, 7) is 3.49. The molecule has 0 aromatic heterocycles. The van der Waals surface area contributed by atoms with E-state index in [1.165, 1.54) is 0 Å². The van der Waals surface area contributed by atoms with Crippen LogP contribution in [0.1, 0.15) is 6.42 Å². The lowest BCUT2D eigenvalue weighted by atomic mass is 10.0. The molecule has 1 fully saturated rings. The van der Waals surface area contributed by atoms with Crippen LogP contribution in [0.5, 0.6) is 0 Å². The van der Waals surface area contributed by atoms with Crippen LogP contribution in [0.25, 0.3) is 0 Å². The van der Waals surface area contributed by atoms with E-state index in [4.69, 9.17) is 5.73 Å². The van der Waals surface area contributed by atoms with Gasteiger partial charge in [-0.3, -0.25) is 15.8 Å². The predicted molar refractivity (Wildman–Crippen MR) is 43.6 cm³/mol. The second-order valence-electron chi connectivity index (χ2n) is 2.73. The lowest BCUT2D eigenvalue weighted by Crippen LogP contribution is -2.64. The van der Waals surface area contributed by atoms with Crippen molar-refractivity contribution >= 4 is 5.91 Å². The minimum Gasteiger partial charge on any atom is -0.378 e. The highest BCUT2D eigenvalue weighted by atomic mass is 16.3. The molecule has 68 valence electrons. The highest BCUT2D eigenvalue weighted by Gasteiger charge is 2.32. The van der Waals surface area contributed by atoms with Crippen LogP contribution in [0.2, 0.25) is 0 Å². The van der Waals surface area contributed by atoms with Gasteiger partial charge < -0.3 is 10.4 Å². The average molecular weight is 171 g/mol. The second-order valence-corrected chi connectivity index (χ2v) is 2.73. The van der Waals surface area contributed by atoms with Crippen LogP contribution in [0.3, 0.4) is 0 Å². The van der Waals surface area contributed by atoms with E-state index in [0.29, 0.717) is 6.42 Å². The summed E-state index contributed by atoms with van der Waals surface area (Å²) in [4.78, 5) is 11.2. The van der Waals surface area contributed by atoms with Crippen molar-refractivity contribution < 1.29 is 9.90 Å². The molecule has 0 aliphatic carbocycles. The van der Waals surface area contributed by atoms with E-state index in [9.17, 15) is 9.90 Å². The highest BCUT2D eigenvalue weighted by Crippen LogP contribution is 2.11. The fourth-order valence-electron chi connectivity index (χ4n) is 1.16. The van der Waals surface area contributed by atoms with Crippen molar-refractivity contribution in [3.63, 3.8) is 0 Å². The van der Waals surface area contributed by atoms with Gasteiger partial charge in [0.2, 0.25) is 5.91 Å². The van der Waals surface area contributed by atoms with Gasteiger partial charge in [-0.2, -0.15) is 0 Å². The Hall–Kier alpha value is -0.910. The molecule has 12 heavy (non-hydrogen) atoms. The van der Waals surface area contributed by atoms with E-state index in [0.717, 1.165) is 0 Å². The van der Waals surface area contributed by atoms with Crippen LogP contribution in [0.4, 0.5) is 0 Å². The number of hydrogen-bond donors (Lipinski definition) is 4. The van der Waals surface area contributed by atoms with Gasteiger partial charge in [-0.1, -0.05) is 6.08 Å². The van der Waals surface area contributed by atoms with Crippen LogP contribution in [-0.2, 0) is 4.79 Å². The molecule has 1 heterocycles. The van der Waals surface area contributed by atoms with Crippen molar-refractivity contribution in [2.75, 3.05) is 0 Å². The SMILES string of the molecule is C=CCC1C(=O)NC(N)NC1O. The normalized spacial score (nSPS) is 35.8. The maximum absolute atomic E-state index is 11.2. The number of aliphatic hydroxyl groups is 1. The number of rotatable bonds is 2. The molecule has 1 aliphatic rings. The minimum absolute atomic E-state index is 0.242. The van der Waals surface area contributed by atoms with Crippen molar-refractivity contribution in [1.29, 1.82) is 0 Å². The molecule has 5 nitrogen and oxygen atoms in total. The van der Waals surface area contributed by atoms with Gasteiger partial charge in [-0.15, -0.1) is 6.58 Å². The summed E-state index contributed by atoms with van der Waals surface area (Å²) in [6, 6.07) is 0. The molecule has 1 amide bonds. The molecule has 1 saturated heterocycles. The quantitative estimate of drug-likeness (QED) is 0.379. The number of nitrogens with one attached hydrogen (secondary N) is 2. The maximum atomic E-state index is 11.2. The van der Waals surface area contributed by atoms with Crippen molar-refractivity contribution in [1.82, 2.24) is 10.6 Å². The van der Waals surface area contributed by atoms with E-state index < -0.39 is 18.4 Å². The first kappa shape index (κ1) is 9.18. The Labute approximate surface area is 70.6 Å². The molecule has 0 radical (unpaired) electrons. The summed E-state index contributed by atoms with van der Waals surface area (Å²) in [5.74, 6) is -0.726. The maximum Gasteiger partial charge on any atom is 0.229 e. The lowest BCUT2D eigenvalue weighted by molar-refractivity contribution is -0.135. The van der Waals surface area contributed by atoms with E-state index in [2.05, 4.69) is 17.2 Å². The number of allylic oxidation sites excluding steroid dienone is 1. The van der Waals surface area contributed by atoms with Gasteiger partial charge in [0.1, 0.15) is 12.5 Å². The zero-order valence-electron chi connectivity index (χ0n) is 6.66. The summed E-state index contributed by atoms with van der Waals surface area (Å²) < 4.78 is 0. The van der Waals surface area contributed by atoms with Crippen LogP contribution in [0.15, 0.2) is 12.7 Å². The van der Waals surface area contributed by atoms with E-state index in [1.807, 2.05) is 0 Å². The van der Waals surface area contributed by atoms with Crippen molar-refractivity contribution in [3.05, 3.63) is 12.7 Å². The largest absolute Gasteiger partial charge is 0.378 e. The second kappa shape index (κ2) is 3.66. The monoisotopic (exact) mass is 171 g/mol. The summed E-state index contributed by atoms with van der Waals surface area (Å²) in [7, 11) is 0. The van der Waals surface area contributed by atoms with Gasteiger partial charge in [0.15, 0.2) is 0 Å². The minimum atomic E-state index is -0.883. The molecule has 0 aromatic carbocycles. The van der Waals surface area contributed by atoms with Crippen LogP contribution in [0, 0.1) is 5.92 Å². The first-order chi connectivity index (χ1) is 5.65. The Morgan fingerprint density at radius 3 is 2.92 bits per heavy atom. The predicted octanol–water partition coefficient (Wildman–Crippen LogP) is -1.54. The first-order valence-corrected chi connectivity index (χ1v) is 3.76. The molecule has 3 atom stereocenters. The number of carbonyl (C=O) groups excluding carboxylic acids is 1. The molecule has 0 spiro atoms. The zero-order valence-corrected chi connectivity index (χ0v) is 6.66. The third kappa shape index (κ3) is 1.82. The van der Waals surface area contributed by atoms with Gasteiger partial charge in [-0.05, 0) is 6.42 Å². The van der Waals surface area contributed by atoms with Crippen molar-refractivity contribution in [2.24, 2.45) is 11.7 Å². The fraction of sp³-hybridized carbons (Fsp3) is 0.571. The Bertz CT molecular complexity index is 195. The highest BCUT2D eigenvalue weighted by molar-refractivity contribution is 5.80. The summed E-state index contributed by atoms with van der Waals surface area (Å²) in [5.41, 5.74) is 5.35. The molecule has 0 bridgehead atoms. The zero-order chi connectivity index (χ0) is 9.14. The standard InChI is InChI=1S/C7H13N3O2/c1-2-3-4-5(11)9-7(8)10-6(4)12/h2,4-5,7,9,11H,1,3,8H2,(H,10,12). The number of hydrogen-bond acceptors (Lipinski definition) is 4. The van der Waals surface area contributed by atoms with Crippen molar-refractivity contribution in [2.45, 2.75) is 18.9 Å². The molecule has 1 rings (SSSR count). The summed E-state index contributed by atoms with van der Waals surface area (Å²) in [5, 5.41) is 14.4. The Balaban J connectivity index is 2.60. The third-order valence-electron chi connectivity index (χ3n) is 1.79. The van der Waals surface area contributed by atoms with Gasteiger partial charge in [-0.25, -0.2) is 0 Å². The molecule has 0 saturated carbocycles. The molecular weight excluding hydrogens is 158 g/mol. The van der Waals surface area contributed by atoms with E-state index in [1.54, 1.807) is 6.08 Å². The molecular formula is C7H13N3O2.